The van der Waals surface area contributed by atoms with Crippen LogP contribution in [-0.4, -0.2) is 83.0 Å². The number of methoxy groups -OCH3 is 2. The lowest BCUT2D eigenvalue weighted by Crippen LogP contribution is -2.68. The Balaban J connectivity index is 1.76. The minimum Gasteiger partial charge on any atom is -0.507 e. The molecule has 1 fully saturated rings. The van der Waals surface area contributed by atoms with Gasteiger partial charge in [0.2, 0.25) is 5.91 Å². The van der Waals surface area contributed by atoms with Gasteiger partial charge in [-0.25, -0.2) is 0 Å². The average molecular weight is 552 g/mol. The molecule has 6 atom stereocenters. The van der Waals surface area contributed by atoms with Crippen LogP contribution >= 0.6 is 0 Å². The maximum atomic E-state index is 12.6. The Labute approximate surface area is 233 Å². The summed E-state index contributed by atoms with van der Waals surface area (Å²) in [4.78, 5) is 16.7. The molecule has 214 valence electrons. The van der Waals surface area contributed by atoms with Gasteiger partial charge in [-0.2, -0.15) is 5.26 Å². The quantitative estimate of drug-likeness (QED) is 0.345. The zero-order valence-electron chi connectivity index (χ0n) is 23.6. The van der Waals surface area contributed by atoms with E-state index in [1.54, 1.807) is 13.8 Å². The molecule has 0 spiro atoms. The molecule has 3 aliphatic heterocycles. The van der Waals surface area contributed by atoms with E-state index in [1.807, 2.05) is 24.9 Å². The highest BCUT2D eigenvalue weighted by atomic mass is 16.5. The zero-order chi connectivity index (χ0) is 29.2. The Morgan fingerprint density at radius 3 is 2.38 bits per heavy atom. The number of nitrogens with two attached hydrogens (primary N) is 1. The van der Waals surface area contributed by atoms with Crippen molar-refractivity contribution in [1.82, 2.24) is 15.1 Å². The molecule has 5 rings (SSSR count). The predicted octanol–water partition coefficient (Wildman–Crippen LogP) is 1.67. The third-order valence-electron chi connectivity index (χ3n) is 8.99. The van der Waals surface area contributed by atoms with Crippen LogP contribution in [0.15, 0.2) is 6.07 Å². The van der Waals surface area contributed by atoms with Crippen molar-refractivity contribution in [3.8, 4) is 34.8 Å². The van der Waals surface area contributed by atoms with Crippen LogP contribution in [0.3, 0.4) is 0 Å². The highest BCUT2D eigenvalue weighted by molar-refractivity contribution is 5.81. The Kier molecular flexibility index (Phi) is 6.98. The number of nitriles is 1. The summed E-state index contributed by atoms with van der Waals surface area (Å²) in [5.74, 6) is 0.0912. The zero-order valence-corrected chi connectivity index (χ0v) is 23.6. The molecule has 11 nitrogen and oxygen atoms in total. The maximum Gasteiger partial charge on any atom is 0.236 e. The SMILES string of the molecule is COc1c(C)cc2c(c1O)C1[C@@H]3Cc4c(O)c(C)c(OC)c(O)c4[C@H](CNC(=O)[C@H](C)N)N3[C@@H](C#N)[C@H](C2)N1C. The number of rotatable bonds is 5. The van der Waals surface area contributed by atoms with Crippen LogP contribution in [-0.2, 0) is 17.6 Å². The number of amides is 1. The standard InChI is InChI=1S/C29H37N5O6/c1-12-7-15-8-17-19(10-30)34-18(23(33(17)4)21(15)25(36)27(12)39-5)9-16-22(20(34)11-32-29(38)14(3)31)26(37)28(40-6)13(2)24(16)35/h7,14,17-20,23,35-37H,8-9,11,31H2,1-6H3,(H,32,38)/t14-,17-,18-,19-,20-,23?/m0/s1. The molecule has 2 aromatic rings. The minimum absolute atomic E-state index is 0.00662. The molecule has 0 aliphatic carbocycles. The summed E-state index contributed by atoms with van der Waals surface area (Å²) in [6, 6.07) is 1.46. The number of phenolic OH excluding ortho intramolecular Hbond substituents is 3. The van der Waals surface area contributed by atoms with Gasteiger partial charge in [-0.3, -0.25) is 14.6 Å². The molecular formula is C29H37N5O6. The highest BCUT2D eigenvalue weighted by Crippen LogP contribution is 2.57. The fourth-order valence-corrected chi connectivity index (χ4v) is 7.21. The van der Waals surface area contributed by atoms with Gasteiger partial charge in [0.15, 0.2) is 23.0 Å². The number of hydrogen-bond donors (Lipinski definition) is 5. The number of ether oxygens (including phenoxy) is 2. The van der Waals surface area contributed by atoms with Crippen molar-refractivity contribution in [1.29, 1.82) is 5.26 Å². The van der Waals surface area contributed by atoms with E-state index >= 15 is 0 Å². The van der Waals surface area contributed by atoms with E-state index in [2.05, 4.69) is 16.3 Å². The number of nitrogens with one attached hydrogen (secondary N) is 1. The number of hydrogen-bond acceptors (Lipinski definition) is 10. The molecule has 0 saturated carbocycles. The average Bonchev–Trinajstić information content (AvgIpc) is 2.91. The van der Waals surface area contributed by atoms with Gasteiger partial charge in [0.25, 0.3) is 0 Å². The van der Waals surface area contributed by atoms with E-state index in [9.17, 15) is 25.4 Å². The largest absolute Gasteiger partial charge is 0.507 e. The van der Waals surface area contributed by atoms with Crippen LogP contribution < -0.4 is 20.5 Å². The summed E-state index contributed by atoms with van der Waals surface area (Å²) in [5.41, 5.74) is 9.63. The van der Waals surface area contributed by atoms with Crippen LogP contribution in [0.2, 0.25) is 0 Å². The number of fused-ring (bicyclic) bond motifs is 7. The lowest BCUT2D eigenvalue weighted by atomic mass is 9.71. The van der Waals surface area contributed by atoms with Crippen molar-refractivity contribution >= 4 is 5.91 Å². The monoisotopic (exact) mass is 551 g/mol. The van der Waals surface area contributed by atoms with Gasteiger partial charge in [-0.15, -0.1) is 0 Å². The van der Waals surface area contributed by atoms with Crippen LogP contribution in [0.1, 0.15) is 52.4 Å². The Morgan fingerprint density at radius 2 is 1.77 bits per heavy atom. The number of likely N-dealkylation sites (N-methyl/N-ethyl adjacent to an activating group) is 1. The second-order valence-electron chi connectivity index (χ2n) is 11.1. The van der Waals surface area contributed by atoms with E-state index in [4.69, 9.17) is 15.2 Å². The third kappa shape index (κ3) is 3.85. The van der Waals surface area contributed by atoms with Gasteiger partial charge in [0.1, 0.15) is 11.8 Å². The second-order valence-corrected chi connectivity index (χ2v) is 11.1. The number of nitrogens with zero attached hydrogens (tertiary/aromatic N) is 3. The lowest BCUT2D eigenvalue weighted by Gasteiger charge is -2.60. The molecule has 0 radical (unpaired) electrons. The first-order valence-electron chi connectivity index (χ1n) is 13.4. The smallest absolute Gasteiger partial charge is 0.236 e. The highest BCUT2D eigenvalue weighted by Gasteiger charge is 2.56. The van der Waals surface area contributed by atoms with Crippen LogP contribution in [0, 0.1) is 25.2 Å². The van der Waals surface area contributed by atoms with Crippen molar-refractivity contribution in [3.63, 3.8) is 0 Å². The number of benzene rings is 2. The molecule has 2 aromatic carbocycles. The van der Waals surface area contributed by atoms with Gasteiger partial charge < -0.3 is 35.8 Å². The molecule has 3 heterocycles. The number of piperazine rings is 1. The number of carbonyl (C=O) groups excluding carboxylic acids is 1. The summed E-state index contributed by atoms with van der Waals surface area (Å²) in [7, 11) is 4.89. The molecule has 11 heteroatoms. The first-order valence-corrected chi connectivity index (χ1v) is 13.4. The molecular weight excluding hydrogens is 514 g/mol. The van der Waals surface area contributed by atoms with E-state index in [1.165, 1.54) is 14.2 Å². The summed E-state index contributed by atoms with van der Waals surface area (Å²) in [6.07, 6.45) is 0.800. The number of phenols is 3. The normalized spacial score (nSPS) is 26.1. The van der Waals surface area contributed by atoms with Crippen molar-refractivity contribution < 1.29 is 29.6 Å². The molecule has 1 saturated heterocycles. The van der Waals surface area contributed by atoms with E-state index in [0.717, 1.165) is 16.7 Å². The Bertz CT molecular complexity index is 1420. The molecule has 1 amide bonds. The molecule has 6 N–H and O–H groups in total. The van der Waals surface area contributed by atoms with Crippen molar-refractivity contribution in [2.75, 3.05) is 27.8 Å². The lowest BCUT2D eigenvalue weighted by molar-refractivity contribution is -0.123. The topological polar surface area (TPSA) is 165 Å². The van der Waals surface area contributed by atoms with Gasteiger partial charge in [-0.05, 0) is 51.8 Å². The summed E-state index contributed by atoms with van der Waals surface area (Å²) in [5, 5.41) is 47.7. The van der Waals surface area contributed by atoms with Crippen molar-refractivity contribution in [2.45, 2.75) is 69.9 Å². The fraction of sp³-hybridized carbons (Fsp3) is 0.517. The second kappa shape index (κ2) is 10.0. The predicted molar refractivity (Wildman–Crippen MR) is 147 cm³/mol. The van der Waals surface area contributed by atoms with Gasteiger partial charge in [-0.1, -0.05) is 6.07 Å². The Morgan fingerprint density at radius 1 is 1.12 bits per heavy atom. The van der Waals surface area contributed by atoms with Crippen molar-refractivity contribution in [3.05, 3.63) is 39.4 Å². The Hall–Kier alpha value is -3.72. The third-order valence-corrected chi connectivity index (χ3v) is 8.99. The van der Waals surface area contributed by atoms with Crippen molar-refractivity contribution in [2.24, 2.45) is 5.73 Å². The van der Waals surface area contributed by atoms with E-state index < -0.39 is 24.2 Å². The molecule has 3 aliphatic rings. The maximum absolute atomic E-state index is 12.6. The summed E-state index contributed by atoms with van der Waals surface area (Å²) < 4.78 is 11.0. The molecule has 40 heavy (non-hydrogen) atoms. The van der Waals surface area contributed by atoms with Crippen LogP contribution in [0.25, 0.3) is 0 Å². The number of carbonyl (C=O) groups is 1. The van der Waals surface area contributed by atoms with Gasteiger partial charge in [0.05, 0.1) is 38.4 Å². The number of aryl methyl sites for hydroxylation is 1. The van der Waals surface area contributed by atoms with E-state index in [0.29, 0.717) is 28.9 Å². The van der Waals surface area contributed by atoms with Crippen LogP contribution in [0.4, 0.5) is 0 Å². The molecule has 2 bridgehead atoms. The van der Waals surface area contributed by atoms with Gasteiger partial charge >= 0.3 is 0 Å². The fourth-order valence-electron chi connectivity index (χ4n) is 7.21. The van der Waals surface area contributed by atoms with Crippen LogP contribution in [0.5, 0.6) is 28.7 Å². The van der Waals surface area contributed by atoms with Gasteiger partial charge in [0, 0.05) is 40.9 Å². The summed E-state index contributed by atoms with van der Waals surface area (Å²) in [6.45, 7) is 5.17. The summed E-state index contributed by atoms with van der Waals surface area (Å²) >= 11 is 0. The first kappa shape index (κ1) is 27.8. The first-order chi connectivity index (χ1) is 19.0. The molecule has 0 aromatic heterocycles. The minimum atomic E-state index is -0.758. The molecule has 1 unspecified atom stereocenters. The van der Waals surface area contributed by atoms with E-state index in [-0.39, 0.29) is 54.0 Å². The number of aromatic hydroxyl groups is 3.